The lowest BCUT2D eigenvalue weighted by molar-refractivity contribution is 0.239. The van der Waals surface area contributed by atoms with Gasteiger partial charge in [0.1, 0.15) is 0 Å². The average molecular weight is 286 g/mol. The normalized spacial score (nSPS) is 24.8. The molecular weight excluding hydrogens is 264 g/mol. The molecular formula is C12H22N4O2S. The molecule has 0 aliphatic heterocycles. The molecule has 0 bridgehead atoms. The van der Waals surface area contributed by atoms with Gasteiger partial charge < -0.3 is 5.73 Å². The van der Waals surface area contributed by atoms with Gasteiger partial charge in [0.2, 0.25) is 0 Å². The molecule has 0 aromatic carbocycles. The predicted octanol–water partition coefficient (Wildman–Crippen LogP) is 1.08. The molecule has 1 aliphatic carbocycles. The maximum atomic E-state index is 12.6. The van der Waals surface area contributed by atoms with E-state index in [1.165, 1.54) is 12.3 Å². The highest BCUT2D eigenvalue weighted by atomic mass is 32.2. The van der Waals surface area contributed by atoms with Crippen LogP contribution in [0.3, 0.4) is 0 Å². The highest BCUT2D eigenvalue weighted by Gasteiger charge is 2.33. The maximum absolute atomic E-state index is 12.6. The molecule has 1 fully saturated rings. The number of nitrogens with zero attached hydrogens (tertiary/aromatic N) is 2. The Bertz CT molecular complexity index is 478. The number of sulfonamides is 1. The van der Waals surface area contributed by atoms with Gasteiger partial charge in [0, 0.05) is 18.6 Å². The molecule has 19 heavy (non-hydrogen) atoms. The Hall–Kier alpha value is -0.920. The molecule has 108 valence electrons. The van der Waals surface area contributed by atoms with Crippen LogP contribution < -0.4 is 5.73 Å². The summed E-state index contributed by atoms with van der Waals surface area (Å²) >= 11 is 0. The van der Waals surface area contributed by atoms with Gasteiger partial charge in [-0.15, -0.1) is 0 Å². The fourth-order valence-electron chi connectivity index (χ4n) is 2.62. The summed E-state index contributed by atoms with van der Waals surface area (Å²) in [5, 5.41) is 6.47. The first kappa shape index (κ1) is 14.5. The smallest absolute Gasteiger partial charge is 0.260 e. The van der Waals surface area contributed by atoms with E-state index in [-0.39, 0.29) is 17.1 Å². The van der Waals surface area contributed by atoms with E-state index >= 15 is 0 Å². The van der Waals surface area contributed by atoms with E-state index in [2.05, 4.69) is 10.2 Å². The van der Waals surface area contributed by atoms with E-state index in [1.54, 1.807) is 4.31 Å². The van der Waals surface area contributed by atoms with E-state index < -0.39 is 10.0 Å². The Morgan fingerprint density at radius 2 is 2.11 bits per heavy atom. The van der Waals surface area contributed by atoms with Crippen LogP contribution in [0.1, 0.15) is 39.0 Å². The van der Waals surface area contributed by atoms with Crippen molar-refractivity contribution in [3.8, 4) is 0 Å². The van der Waals surface area contributed by atoms with Crippen molar-refractivity contribution in [3.05, 3.63) is 12.3 Å². The SMILES string of the molecule is CCCN(C1CCC(N)CC1)S(=O)(=O)c1ccn[nH]1. The maximum Gasteiger partial charge on any atom is 0.260 e. The molecule has 7 heteroatoms. The molecule has 1 aliphatic rings. The summed E-state index contributed by atoms with van der Waals surface area (Å²) in [7, 11) is -3.46. The predicted molar refractivity (Wildman–Crippen MR) is 73.0 cm³/mol. The van der Waals surface area contributed by atoms with Gasteiger partial charge in [-0.3, -0.25) is 5.10 Å². The molecule has 3 N–H and O–H groups in total. The third-order valence-electron chi connectivity index (χ3n) is 3.65. The summed E-state index contributed by atoms with van der Waals surface area (Å²) in [6.45, 7) is 2.53. The Kier molecular flexibility index (Phi) is 4.59. The van der Waals surface area contributed by atoms with Gasteiger partial charge >= 0.3 is 0 Å². The number of hydrogen-bond acceptors (Lipinski definition) is 4. The molecule has 0 spiro atoms. The van der Waals surface area contributed by atoms with Crippen LogP contribution in [0.25, 0.3) is 0 Å². The molecule has 0 radical (unpaired) electrons. The van der Waals surface area contributed by atoms with Crippen LogP contribution in [0.4, 0.5) is 0 Å². The molecule has 0 atom stereocenters. The van der Waals surface area contributed by atoms with Crippen molar-refractivity contribution >= 4 is 10.0 Å². The summed E-state index contributed by atoms with van der Waals surface area (Å²) in [5.41, 5.74) is 5.89. The van der Waals surface area contributed by atoms with Crippen LogP contribution in [0.2, 0.25) is 0 Å². The monoisotopic (exact) mass is 286 g/mol. The second-order valence-corrected chi connectivity index (χ2v) is 6.96. The van der Waals surface area contributed by atoms with Crippen LogP contribution in [-0.4, -0.2) is 41.5 Å². The van der Waals surface area contributed by atoms with Gasteiger partial charge in [-0.1, -0.05) is 6.92 Å². The molecule has 0 amide bonds. The highest BCUT2D eigenvalue weighted by Crippen LogP contribution is 2.26. The minimum Gasteiger partial charge on any atom is -0.328 e. The third kappa shape index (κ3) is 3.16. The van der Waals surface area contributed by atoms with Crippen molar-refractivity contribution in [3.63, 3.8) is 0 Å². The molecule has 1 aromatic heterocycles. The summed E-state index contributed by atoms with van der Waals surface area (Å²) in [5.74, 6) is 0. The standard InChI is InChI=1S/C12H22N4O2S/c1-2-9-16(11-5-3-10(13)4-6-11)19(17,18)12-7-8-14-15-12/h7-8,10-11H,2-6,9,13H2,1H3,(H,14,15). The highest BCUT2D eigenvalue weighted by molar-refractivity contribution is 7.89. The van der Waals surface area contributed by atoms with E-state index in [1.807, 2.05) is 6.92 Å². The molecule has 1 saturated carbocycles. The van der Waals surface area contributed by atoms with Crippen molar-refractivity contribution in [2.24, 2.45) is 5.73 Å². The second-order valence-electron chi connectivity index (χ2n) is 5.11. The van der Waals surface area contributed by atoms with Crippen molar-refractivity contribution in [1.29, 1.82) is 0 Å². The van der Waals surface area contributed by atoms with Crippen LogP contribution in [0.5, 0.6) is 0 Å². The van der Waals surface area contributed by atoms with E-state index in [4.69, 9.17) is 5.73 Å². The fraction of sp³-hybridized carbons (Fsp3) is 0.750. The van der Waals surface area contributed by atoms with E-state index in [0.717, 1.165) is 32.1 Å². The minimum atomic E-state index is -3.46. The van der Waals surface area contributed by atoms with Gasteiger partial charge in [0.25, 0.3) is 10.0 Å². The molecule has 0 unspecified atom stereocenters. The number of aromatic amines is 1. The number of nitrogens with two attached hydrogens (primary N) is 1. The fourth-order valence-corrected chi connectivity index (χ4v) is 4.30. The van der Waals surface area contributed by atoms with E-state index in [0.29, 0.717) is 6.54 Å². The van der Waals surface area contributed by atoms with Crippen molar-refractivity contribution in [2.45, 2.75) is 56.1 Å². The number of aromatic nitrogens is 2. The van der Waals surface area contributed by atoms with Gasteiger partial charge in [0.15, 0.2) is 5.03 Å². The second kappa shape index (κ2) is 6.02. The molecule has 1 aromatic rings. The first-order valence-electron chi connectivity index (χ1n) is 6.82. The van der Waals surface area contributed by atoms with Gasteiger partial charge in [0.05, 0.1) is 6.20 Å². The summed E-state index contributed by atoms with van der Waals surface area (Å²) < 4.78 is 26.8. The Balaban J connectivity index is 2.20. The lowest BCUT2D eigenvalue weighted by Gasteiger charge is -2.34. The zero-order valence-electron chi connectivity index (χ0n) is 11.2. The topological polar surface area (TPSA) is 92.1 Å². The first-order valence-corrected chi connectivity index (χ1v) is 8.26. The average Bonchev–Trinajstić information content (AvgIpc) is 2.92. The van der Waals surface area contributed by atoms with Crippen molar-refractivity contribution in [2.75, 3.05) is 6.54 Å². The Labute approximate surface area is 114 Å². The molecule has 1 heterocycles. The van der Waals surface area contributed by atoms with Gasteiger partial charge in [-0.05, 0) is 38.2 Å². The minimum absolute atomic E-state index is 0.0630. The van der Waals surface area contributed by atoms with E-state index in [9.17, 15) is 8.42 Å². The summed E-state index contributed by atoms with van der Waals surface area (Å²) in [4.78, 5) is 0. The van der Waals surface area contributed by atoms with Crippen molar-refractivity contribution in [1.82, 2.24) is 14.5 Å². The number of hydrogen-bond donors (Lipinski definition) is 2. The summed E-state index contributed by atoms with van der Waals surface area (Å²) in [6, 6.07) is 1.79. The molecule has 2 rings (SSSR count). The van der Waals surface area contributed by atoms with Crippen LogP contribution in [-0.2, 0) is 10.0 Å². The van der Waals surface area contributed by atoms with Crippen molar-refractivity contribution < 1.29 is 8.42 Å². The first-order chi connectivity index (χ1) is 9.05. The number of H-pyrrole nitrogens is 1. The zero-order valence-corrected chi connectivity index (χ0v) is 12.1. The molecule has 6 nitrogen and oxygen atoms in total. The lowest BCUT2D eigenvalue weighted by Crippen LogP contribution is -2.44. The Morgan fingerprint density at radius 3 is 2.63 bits per heavy atom. The number of rotatable bonds is 5. The number of nitrogens with one attached hydrogen (secondary N) is 1. The van der Waals surface area contributed by atoms with Gasteiger partial charge in [-0.25, -0.2) is 8.42 Å². The molecule has 0 saturated heterocycles. The van der Waals surface area contributed by atoms with Crippen LogP contribution >= 0.6 is 0 Å². The van der Waals surface area contributed by atoms with Crippen LogP contribution in [0, 0.1) is 0 Å². The van der Waals surface area contributed by atoms with Gasteiger partial charge in [-0.2, -0.15) is 9.40 Å². The lowest BCUT2D eigenvalue weighted by atomic mass is 9.92. The zero-order chi connectivity index (χ0) is 13.9. The summed E-state index contributed by atoms with van der Waals surface area (Å²) in [6.07, 6.45) is 5.74. The quantitative estimate of drug-likeness (QED) is 0.847. The Morgan fingerprint density at radius 1 is 1.42 bits per heavy atom. The third-order valence-corrected chi connectivity index (χ3v) is 5.54. The van der Waals surface area contributed by atoms with Crippen LogP contribution in [0.15, 0.2) is 17.3 Å². The largest absolute Gasteiger partial charge is 0.328 e.